The van der Waals surface area contributed by atoms with E-state index < -0.39 is 10.0 Å². The summed E-state index contributed by atoms with van der Waals surface area (Å²) in [6, 6.07) is 10.7. The third-order valence-corrected chi connectivity index (χ3v) is 7.77. The minimum atomic E-state index is -3.51. The molecule has 6 nitrogen and oxygen atoms in total. The maximum atomic E-state index is 12.5. The first-order valence-corrected chi connectivity index (χ1v) is 11.8. The van der Waals surface area contributed by atoms with Crippen molar-refractivity contribution in [2.45, 2.75) is 44.3 Å². The number of aryl methyl sites for hydroxylation is 1. The van der Waals surface area contributed by atoms with Gasteiger partial charge in [0.1, 0.15) is 5.82 Å². The van der Waals surface area contributed by atoms with Gasteiger partial charge in [-0.25, -0.2) is 17.7 Å². The molecular weight excluding hydrogens is 443 g/mol. The maximum absolute atomic E-state index is 12.5. The van der Waals surface area contributed by atoms with Gasteiger partial charge in [0.15, 0.2) is 0 Å². The van der Waals surface area contributed by atoms with Crippen LogP contribution >= 0.6 is 23.2 Å². The summed E-state index contributed by atoms with van der Waals surface area (Å²) >= 11 is 12.2. The molecule has 0 unspecified atom stereocenters. The van der Waals surface area contributed by atoms with Crippen molar-refractivity contribution < 1.29 is 8.42 Å². The first-order valence-electron chi connectivity index (χ1n) is 9.59. The van der Waals surface area contributed by atoms with Crippen LogP contribution in [0.4, 0.5) is 0 Å². The topological polar surface area (TPSA) is 67.2 Å². The highest BCUT2D eigenvalue weighted by molar-refractivity contribution is 7.89. The molecule has 30 heavy (non-hydrogen) atoms. The molecule has 0 amide bonds. The second kappa shape index (κ2) is 8.48. The number of imidazole rings is 1. The van der Waals surface area contributed by atoms with Gasteiger partial charge in [-0.3, -0.25) is 0 Å². The van der Waals surface area contributed by atoms with E-state index in [1.807, 2.05) is 25.1 Å². The number of nitrogens with zero attached hydrogens (tertiary/aromatic N) is 3. The predicted octanol–water partition coefficient (Wildman–Crippen LogP) is 4.64. The zero-order valence-electron chi connectivity index (χ0n) is 17.7. The molecule has 3 rings (SSSR count). The normalized spacial score (nSPS) is 12.8. The van der Waals surface area contributed by atoms with Crippen molar-refractivity contribution in [3.05, 3.63) is 57.8 Å². The molecule has 1 aromatic heterocycles. The largest absolute Gasteiger partial charge is 0.327 e. The van der Waals surface area contributed by atoms with Crippen LogP contribution in [0.25, 0.3) is 11.0 Å². The van der Waals surface area contributed by atoms with Crippen molar-refractivity contribution in [2.24, 2.45) is 0 Å². The Kier molecular flexibility index (Phi) is 6.51. The molecule has 2 aromatic carbocycles. The van der Waals surface area contributed by atoms with Gasteiger partial charge in [-0.1, -0.05) is 29.3 Å². The van der Waals surface area contributed by atoms with E-state index in [0.29, 0.717) is 22.1 Å². The van der Waals surface area contributed by atoms with Crippen LogP contribution in [0.15, 0.2) is 41.3 Å². The summed E-state index contributed by atoms with van der Waals surface area (Å²) in [5.74, 6) is 0.833. The lowest BCUT2D eigenvalue weighted by molar-refractivity contribution is 0.391. The van der Waals surface area contributed by atoms with Crippen molar-refractivity contribution >= 4 is 44.3 Å². The lowest BCUT2D eigenvalue weighted by atomic mass is 9.94. The van der Waals surface area contributed by atoms with Gasteiger partial charge in [-0.05, 0) is 56.7 Å². The number of sulfonamides is 1. The Labute approximate surface area is 187 Å². The van der Waals surface area contributed by atoms with E-state index in [-0.39, 0.29) is 10.4 Å². The molecule has 1 heterocycles. The minimum Gasteiger partial charge on any atom is -0.327 e. The summed E-state index contributed by atoms with van der Waals surface area (Å²) < 4.78 is 28.2. The van der Waals surface area contributed by atoms with Crippen LogP contribution in [0.1, 0.15) is 32.2 Å². The second-order valence-corrected chi connectivity index (χ2v) is 10.8. The molecule has 3 aromatic rings. The summed E-state index contributed by atoms with van der Waals surface area (Å²) in [5, 5.41) is 4.56. The monoisotopic (exact) mass is 468 g/mol. The van der Waals surface area contributed by atoms with Crippen LogP contribution < -0.4 is 5.32 Å². The van der Waals surface area contributed by atoms with Crippen molar-refractivity contribution in [3.8, 4) is 0 Å². The molecule has 0 saturated heterocycles. The average Bonchev–Trinajstić information content (AvgIpc) is 3.05. The Morgan fingerprint density at radius 1 is 1.10 bits per heavy atom. The number of aromatic nitrogens is 2. The molecule has 0 radical (unpaired) electrons. The number of rotatable bonds is 7. The number of halogens is 2. The smallest absolute Gasteiger partial charge is 0.242 e. The van der Waals surface area contributed by atoms with E-state index in [0.717, 1.165) is 23.4 Å². The van der Waals surface area contributed by atoms with Crippen LogP contribution in [-0.2, 0) is 28.7 Å². The van der Waals surface area contributed by atoms with E-state index in [1.165, 1.54) is 18.4 Å². The molecule has 0 aliphatic carbocycles. The Hall–Kier alpha value is -1.64. The molecule has 0 atom stereocenters. The van der Waals surface area contributed by atoms with E-state index in [4.69, 9.17) is 28.2 Å². The molecular formula is C21H26Cl2N4O2S. The lowest BCUT2D eigenvalue weighted by Gasteiger charge is -2.27. The number of hydrogen-bond donors (Lipinski definition) is 1. The van der Waals surface area contributed by atoms with E-state index in [9.17, 15) is 8.42 Å². The van der Waals surface area contributed by atoms with Crippen LogP contribution in [0, 0.1) is 0 Å². The number of nitrogens with one attached hydrogen (secondary N) is 1. The Morgan fingerprint density at radius 2 is 1.80 bits per heavy atom. The fraction of sp³-hybridized carbons (Fsp3) is 0.381. The van der Waals surface area contributed by atoms with E-state index in [1.54, 1.807) is 18.2 Å². The van der Waals surface area contributed by atoms with Crippen LogP contribution in [0.3, 0.4) is 0 Å². The quantitative estimate of drug-likeness (QED) is 0.548. The number of hydrogen-bond acceptors (Lipinski definition) is 4. The highest BCUT2D eigenvalue weighted by Crippen LogP contribution is 2.29. The minimum absolute atomic E-state index is 0.233. The van der Waals surface area contributed by atoms with Gasteiger partial charge < -0.3 is 9.88 Å². The second-order valence-electron chi connectivity index (χ2n) is 7.82. The third-order valence-electron chi connectivity index (χ3n) is 5.22. The SMILES string of the molecule is CCn1c(CNC(C)(C)c2ccc(Cl)c(Cl)c2)nc2cc(S(=O)(=O)N(C)C)ccc21. The van der Waals surface area contributed by atoms with Crippen molar-refractivity contribution in [3.63, 3.8) is 0 Å². The molecule has 162 valence electrons. The van der Waals surface area contributed by atoms with E-state index in [2.05, 4.69) is 23.7 Å². The highest BCUT2D eigenvalue weighted by Gasteiger charge is 2.23. The summed E-state index contributed by atoms with van der Waals surface area (Å²) in [6.07, 6.45) is 0. The lowest BCUT2D eigenvalue weighted by Crippen LogP contribution is -2.36. The number of benzene rings is 2. The molecule has 9 heteroatoms. The van der Waals surface area contributed by atoms with Gasteiger partial charge in [0, 0.05) is 26.2 Å². The summed E-state index contributed by atoms with van der Waals surface area (Å²) in [4.78, 5) is 4.95. The summed E-state index contributed by atoms with van der Waals surface area (Å²) in [7, 11) is -0.476. The van der Waals surface area contributed by atoms with Crippen molar-refractivity contribution in [2.75, 3.05) is 14.1 Å². The fourth-order valence-corrected chi connectivity index (χ4v) is 4.53. The van der Waals surface area contributed by atoms with Crippen LogP contribution in [0.2, 0.25) is 10.0 Å². The van der Waals surface area contributed by atoms with Crippen LogP contribution in [-0.4, -0.2) is 36.4 Å². The molecule has 0 aliphatic heterocycles. The van der Waals surface area contributed by atoms with Crippen LogP contribution in [0.5, 0.6) is 0 Å². The van der Waals surface area contributed by atoms with Gasteiger partial charge in [0.05, 0.1) is 32.5 Å². The van der Waals surface area contributed by atoms with Crippen molar-refractivity contribution in [1.29, 1.82) is 0 Å². The van der Waals surface area contributed by atoms with Gasteiger partial charge in [0.2, 0.25) is 10.0 Å². The summed E-state index contributed by atoms with van der Waals surface area (Å²) in [6.45, 7) is 7.39. The molecule has 0 saturated carbocycles. The van der Waals surface area contributed by atoms with Gasteiger partial charge in [-0.15, -0.1) is 0 Å². The Bertz CT molecular complexity index is 1190. The Morgan fingerprint density at radius 3 is 2.40 bits per heavy atom. The summed E-state index contributed by atoms with van der Waals surface area (Å²) in [5.41, 5.74) is 2.20. The third kappa shape index (κ3) is 4.36. The van der Waals surface area contributed by atoms with Crippen molar-refractivity contribution in [1.82, 2.24) is 19.2 Å². The fourth-order valence-electron chi connectivity index (χ4n) is 3.31. The van der Waals surface area contributed by atoms with Gasteiger partial charge >= 0.3 is 0 Å². The molecule has 0 fully saturated rings. The standard InChI is InChI=1S/C21H26Cl2N4O2S/c1-6-27-19-10-8-15(30(28,29)26(4)5)12-18(19)25-20(27)13-24-21(2,3)14-7-9-16(22)17(23)11-14/h7-12,24H,6,13H2,1-5H3. The molecule has 0 bridgehead atoms. The van der Waals surface area contributed by atoms with Gasteiger partial charge in [-0.2, -0.15) is 0 Å². The first-order chi connectivity index (χ1) is 14.0. The zero-order chi connectivity index (χ0) is 22.3. The molecule has 0 aliphatic rings. The van der Waals surface area contributed by atoms with E-state index >= 15 is 0 Å². The first kappa shape index (κ1) is 23.0. The Balaban J connectivity index is 1.92. The zero-order valence-corrected chi connectivity index (χ0v) is 20.0. The predicted molar refractivity (Wildman–Crippen MR) is 123 cm³/mol. The average molecular weight is 469 g/mol. The number of fused-ring (bicyclic) bond motifs is 1. The maximum Gasteiger partial charge on any atom is 0.242 e. The molecule has 1 N–H and O–H groups in total. The highest BCUT2D eigenvalue weighted by atomic mass is 35.5. The van der Waals surface area contributed by atoms with Gasteiger partial charge in [0.25, 0.3) is 0 Å². The molecule has 0 spiro atoms.